The smallest absolute Gasteiger partial charge is 0.338 e. The van der Waals surface area contributed by atoms with Crippen LogP contribution in [0.2, 0.25) is 0 Å². The maximum Gasteiger partial charge on any atom is 0.338 e. The second-order valence-electron chi connectivity index (χ2n) is 36.2. The van der Waals surface area contributed by atoms with Crippen LogP contribution in [0.4, 0.5) is 0 Å². The highest BCUT2D eigenvalue weighted by molar-refractivity contribution is 6.76. The number of fused-ring (bicyclic) bond motifs is 1. The molecule has 134 heavy (non-hydrogen) atoms. The minimum atomic E-state index is -2.08. The zero-order valence-corrected chi connectivity index (χ0v) is 79.8. The molecule has 38 nitrogen and oxygen atoms in total. The van der Waals surface area contributed by atoms with Gasteiger partial charge in [-0.25, -0.2) is 19.2 Å². The summed E-state index contributed by atoms with van der Waals surface area (Å²) in [5.74, 6) is -7.13. The van der Waals surface area contributed by atoms with Crippen molar-refractivity contribution in [1.29, 1.82) is 5.41 Å². The first-order valence-corrected chi connectivity index (χ1v) is 46.6. The number of azide groups is 2. The van der Waals surface area contributed by atoms with Crippen LogP contribution in [-0.2, 0) is 104 Å². The zero-order chi connectivity index (χ0) is 97.0. The molecule has 0 saturated carbocycles. The van der Waals surface area contributed by atoms with Gasteiger partial charge in [0.1, 0.15) is 56.9 Å². The number of ether oxygens (including phenoxy) is 22. The molecule has 0 spiro atoms. The summed E-state index contributed by atoms with van der Waals surface area (Å²) in [4.78, 5) is 56.4. The molecule has 41 heteroatoms. The average Bonchev–Trinajstić information content (AvgIpc) is 1.13. The van der Waals surface area contributed by atoms with Crippen LogP contribution in [0.15, 0.2) is 132 Å². The summed E-state index contributed by atoms with van der Waals surface area (Å²) in [6.07, 6.45) is -20.0. The molecular weight excluding hydrogens is 1820 g/mol. The number of esters is 4. The van der Waals surface area contributed by atoms with Gasteiger partial charge in [-0.15, -0.1) is 0 Å². The second-order valence-corrected chi connectivity index (χ2v) is 38.5. The summed E-state index contributed by atoms with van der Waals surface area (Å²) >= 11 is 17.6. The molecule has 9 aliphatic heterocycles. The van der Waals surface area contributed by atoms with Gasteiger partial charge in [-0.2, -0.15) is 0 Å². The van der Waals surface area contributed by atoms with Crippen molar-refractivity contribution in [2.24, 2.45) is 81.2 Å². The number of carbonyl (C=O) groups is 4. The molecule has 4 aromatic carbocycles. The Morgan fingerprint density at radius 1 is 0.388 bits per heavy atom. The van der Waals surface area contributed by atoms with E-state index in [4.69, 9.17) is 155 Å². The predicted molar refractivity (Wildman–Crippen MR) is 478 cm³/mol. The number of rotatable bonds is 31. The fourth-order valence-corrected chi connectivity index (χ4v) is 17.8. The van der Waals surface area contributed by atoms with Crippen LogP contribution in [-0.4, -0.2) is 292 Å². The van der Waals surface area contributed by atoms with E-state index in [9.17, 15) is 44.7 Å². The van der Waals surface area contributed by atoms with Crippen LogP contribution >= 0.6 is 34.8 Å². The van der Waals surface area contributed by atoms with Crippen molar-refractivity contribution in [1.82, 2.24) is 0 Å². The van der Waals surface area contributed by atoms with Gasteiger partial charge in [0.05, 0.1) is 129 Å². The van der Waals surface area contributed by atoms with Crippen molar-refractivity contribution >= 4 is 64.6 Å². The second kappa shape index (κ2) is 50.1. The van der Waals surface area contributed by atoms with Gasteiger partial charge in [0.2, 0.25) is 12.2 Å². The number of aliphatic hydroxyl groups excluding tert-OH is 5. The highest BCUT2D eigenvalue weighted by atomic mass is 35.6. The van der Waals surface area contributed by atoms with Gasteiger partial charge in [0.25, 0.3) is 3.79 Å². The molecule has 9 aliphatic rings. The fourth-order valence-electron chi connectivity index (χ4n) is 17.6. The van der Waals surface area contributed by atoms with Crippen molar-refractivity contribution in [3.63, 3.8) is 0 Å². The van der Waals surface area contributed by atoms with Gasteiger partial charge in [-0.05, 0) is 73.4 Å². The van der Waals surface area contributed by atoms with Crippen LogP contribution in [0.5, 0.6) is 0 Å². The summed E-state index contributed by atoms with van der Waals surface area (Å²) < 4.78 is 131. The van der Waals surface area contributed by atoms with Crippen molar-refractivity contribution in [2.75, 3.05) is 79.2 Å². The molecule has 6 N–H and O–H groups in total. The van der Waals surface area contributed by atoms with E-state index in [0.29, 0.717) is 28.9 Å². The maximum atomic E-state index is 13.0. The first-order chi connectivity index (χ1) is 63.9. The Morgan fingerprint density at radius 2 is 0.679 bits per heavy atom. The molecular formula is C93H128Cl3N7O31. The number of halogens is 3. The van der Waals surface area contributed by atoms with Crippen molar-refractivity contribution in [3.8, 4) is 0 Å². The van der Waals surface area contributed by atoms with Gasteiger partial charge in [-0.1, -0.05) is 201 Å². The van der Waals surface area contributed by atoms with Gasteiger partial charge < -0.3 is 130 Å². The van der Waals surface area contributed by atoms with Gasteiger partial charge in [0, 0.05) is 93.9 Å². The fraction of sp³-hybridized carbons (Fsp3) is 0.688. The topological polar surface area (TPSA) is 494 Å². The maximum absolute atomic E-state index is 13.0. The zero-order valence-electron chi connectivity index (χ0n) is 77.5. The molecule has 12 unspecified atom stereocenters. The third-order valence-electron chi connectivity index (χ3n) is 25.7. The lowest BCUT2D eigenvalue weighted by atomic mass is 9.85. The molecule has 0 aromatic heterocycles. The highest BCUT2D eigenvalue weighted by Gasteiger charge is 2.57. The molecule has 9 fully saturated rings. The van der Waals surface area contributed by atoms with Gasteiger partial charge >= 0.3 is 23.9 Å². The third kappa shape index (κ3) is 28.1. The van der Waals surface area contributed by atoms with E-state index in [1.165, 1.54) is 0 Å². The summed E-state index contributed by atoms with van der Waals surface area (Å²) in [5.41, 5.74) is 18.9. The highest BCUT2D eigenvalue weighted by Crippen LogP contribution is 2.45. The third-order valence-corrected chi connectivity index (χ3v) is 26.2. The molecule has 9 saturated heterocycles. The van der Waals surface area contributed by atoms with E-state index in [2.05, 4.69) is 20.1 Å². The molecule has 9 heterocycles. The van der Waals surface area contributed by atoms with E-state index in [1.54, 1.807) is 123 Å². The van der Waals surface area contributed by atoms with Crippen molar-refractivity contribution < 1.29 is 149 Å². The number of hydrogen-bond donors (Lipinski definition) is 6. The molecule has 0 aliphatic carbocycles. The predicted octanol–water partition coefficient (Wildman–Crippen LogP) is 11.6. The lowest BCUT2D eigenvalue weighted by Crippen LogP contribution is -2.60. The Bertz CT molecular complexity index is 4450. The minimum absolute atomic E-state index is 0.0363. The Labute approximate surface area is 794 Å². The van der Waals surface area contributed by atoms with E-state index >= 15 is 0 Å². The Hall–Kier alpha value is -7.16. The molecule has 0 bridgehead atoms. The Morgan fingerprint density at radius 3 is 1.04 bits per heavy atom. The first-order valence-electron chi connectivity index (χ1n) is 45.5. The largest absolute Gasteiger partial charge is 0.459 e. The standard InChI is InChI=1S/C44H61N3O15.C26H34Cl3NO8.C23H33N3O8/c1-23-19-56-43(34(49)33(23)48)61-38-26(4)32(22-55-40(52)30-15-11-8-12-16-30)59-42(28(38)6)60-36-24(2)20-57-44(35(36)50)62-37-25(3)31(21-54-39(51)29-13-9-7-10-14-29)58-41(27(37)5)53-18-17-46-47-45;1-13-11-33-23(20-18(13)37-25(4,5)38-20)35-19-14(2)17(12-32-21(31)16-9-7-6-8-10-16)34-22(15(19)3)36-24(30)26(27,28)29;1-13-11-32-23(19(28)18(13)27)34-20-14(2)17(12-31-21(29)16-7-5-4-6-8-16)33-22(15(20)3)30-10-9-25-26-24/h7-16,23-28,31-38,41-44,48-50H,17-22H2,1-6H3;6-10,13-15,17-20,22-23,30H,11-12H2,1-5H3;4-8,13-15,17-20,22-23,27-28H,9-12H2,1-3H3/t23-,24-,25-,26-,27?,28?,31?,32?,33+,34?,35?,36+,37+,38+,41-,42+,43-,44-;13-,14-,15?,17?,18+,19+,20?,22-,23-;13-,14-,15?,17?,18+,19?,20+,22-,23-/m111/s1. The molecule has 0 amide bonds. The number of aliphatic hydroxyl groups is 5. The number of hydrogen-bond acceptors (Lipinski definition) is 34. The van der Waals surface area contributed by atoms with Crippen LogP contribution in [0, 0.1) is 76.4 Å². The van der Waals surface area contributed by atoms with E-state index in [-0.39, 0.29) is 126 Å². The Balaban J connectivity index is 0.000000206. The molecule has 0 radical (unpaired) electrons. The number of carbonyl (C=O) groups excluding carboxylic acids is 4. The summed E-state index contributed by atoms with van der Waals surface area (Å²) in [6, 6.07) is 34.4. The SMILES string of the molecule is CC1[C@@H](OC(=N)C(Cl)(Cl)Cl)OC(COC(=O)c2ccccc2)[C@@H](C)[C@@H]1O[C@H]1OC[C@@H](C)[C@@H]2OC(C)(C)OC12.CC1[C@H](OCCN=[N+]=[N-])OC(COC(=O)c2ccccc2)[C@@H](C)[C@@H]1O[C@H]1OC[C@@H](C)[C@H](O)C1O.CC1[C@H](O[C@@H]2C(O)[C@@H](O[C@@H]3C(C)[C@H](OCCN=[N+]=[N-])OC(COC(=O)c4ccccc4)[C@H]3C)OC[C@H]2C)OC(COC(=O)c2ccccc2)[C@@H](C)[C@@H]1O[C@H]1OC[C@@H](C)[C@H](O)C1O. The van der Waals surface area contributed by atoms with Crippen LogP contribution < -0.4 is 0 Å². The molecule has 13 rings (SSSR count). The molecule has 36 atom stereocenters. The summed E-state index contributed by atoms with van der Waals surface area (Å²) in [7, 11) is 0. The normalized spacial score (nSPS) is 37.4. The Kier molecular flexibility index (Phi) is 40.1. The lowest BCUT2D eigenvalue weighted by Gasteiger charge is -2.49. The van der Waals surface area contributed by atoms with Gasteiger partial charge in [-0.3, -0.25) is 5.41 Å². The van der Waals surface area contributed by atoms with E-state index in [1.807, 2.05) is 95.2 Å². The number of nitrogens with zero attached hydrogens (tertiary/aromatic N) is 6. The number of nitrogens with one attached hydrogen (secondary N) is 1. The van der Waals surface area contributed by atoms with Crippen molar-refractivity contribution in [3.05, 3.63) is 164 Å². The lowest BCUT2D eigenvalue weighted by molar-refractivity contribution is -0.358. The quantitative estimate of drug-likeness (QED) is 0.00314. The van der Waals surface area contributed by atoms with Crippen LogP contribution in [0.25, 0.3) is 20.9 Å². The van der Waals surface area contributed by atoms with Gasteiger partial charge in [0.15, 0.2) is 49.8 Å². The average molecular weight is 1950 g/mol. The number of benzene rings is 4. The van der Waals surface area contributed by atoms with E-state index < -0.39 is 205 Å². The van der Waals surface area contributed by atoms with Crippen molar-refractivity contribution in [2.45, 2.75) is 254 Å². The monoisotopic (exact) mass is 1940 g/mol. The van der Waals surface area contributed by atoms with Crippen LogP contribution in [0.3, 0.4) is 0 Å². The van der Waals surface area contributed by atoms with Crippen LogP contribution in [0.1, 0.15) is 138 Å². The number of alkyl halides is 3. The first kappa shape index (κ1) is 107. The molecule has 742 valence electrons. The molecule has 4 aromatic rings. The minimum Gasteiger partial charge on any atom is -0.459 e. The van der Waals surface area contributed by atoms with E-state index in [0.717, 1.165) is 0 Å². The summed E-state index contributed by atoms with van der Waals surface area (Å²) in [5, 5.41) is 69.4. The summed E-state index contributed by atoms with van der Waals surface area (Å²) in [6.45, 7) is 27.2.